The fourth-order valence-electron chi connectivity index (χ4n) is 1.17. The van der Waals surface area contributed by atoms with Gasteiger partial charge in [-0.15, -0.1) is 0 Å². The van der Waals surface area contributed by atoms with Gasteiger partial charge in [-0.25, -0.2) is 9.97 Å². The summed E-state index contributed by atoms with van der Waals surface area (Å²) in [4.78, 5) is 8.47. The van der Waals surface area contributed by atoms with Gasteiger partial charge in [-0.05, 0) is 31.7 Å². The van der Waals surface area contributed by atoms with Gasteiger partial charge in [0, 0.05) is 24.2 Å². The molecule has 0 amide bonds. The van der Waals surface area contributed by atoms with Crippen molar-refractivity contribution in [2.75, 3.05) is 5.75 Å². The Morgan fingerprint density at radius 3 is 2.67 bits per heavy atom. The van der Waals surface area contributed by atoms with Crippen molar-refractivity contribution >= 4 is 11.8 Å². The Bertz CT molecular complexity index is 274. The van der Waals surface area contributed by atoms with E-state index < -0.39 is 0 Å². The third-order valence-electron chi connectivity index (χ3n) is 2.23. The highest BCUT2D eigenvalue weighted by molar-refractivity contribution is 7.99. The van der Waals surface area contributed by atoms with E-state index in [-0.39, 0.29) is 0 Å². The first-order chi connectivity index (χ1) is 7.22. The smallest absolute Gasteiger partial charge is 0.187 e. The van der Waals surface area contributed by atoms with Gasteiger partial charge in [0.05, 0.1) is 0 Å². The van der Waals surface area contributed by atoms with Crippen molar-refractivity contribution in [1.29, 1.82) is 0 Å². The zero-order valence-electron chi connectivity index (χ0n) is 9.44. The van der Waals surface area contributed by atoms with E-state index in [1.165, 1.54) is 0 Å². The van der Waals surface area contributed by atoms with Crippen LogP contribution in [0.15, 0.2) is 17.6 Å². The lowest BCUT2D eigenvalue weighted by atomic mass is 10.1. The van der Waals surface area contributed by atoms with Crippen LogP contribution in [0.25, 0.3) is 0 Å². The number of rotatable bonds is 6. The highest BCUT2D eigenvalue weighted by Crippen LogP contribution is 2.14. The SMILES string of the molecule is CCC(N)CCCSc1ncc(C)cn1. The van der Waals surface area contributed by atoms with Crippen LogP contribution in [0.1, 0.15) is 31.7 Å². The summed E-state index contributed by atoms with van der Waals surface area (Å²) in [6.07, 6.45) is 7.00. The van der Waals surface area contributed by atoms with Gasteiger partial charge in [0.1, 0.15) is 0 Å². The summed E-state index contributed by atoms with van der Waals surface area (Å²) < 4.78 is 0. The Morgan fingerprint density at radius 1 is 1.40 bits per heavy atom. The molecule has 0 aliphatic rings. The minimum atomic E-state index is 0.351. The van der Waals surface area contributed by atoms with Crippen LogP contribution in [0.4, 0.5) is 0 Å². The van der Waals surface area contributed by atoms with E-state index in [2.05, 4.69) is 16.9 Å². The summed E-state index contributed by atoms with van der Waals surface area (Å²) in [6, 6.07) is 0.351. The van der Waals surface area contributed by atoms with Crippen LogP contribution in [0.2, 0.25) is 0 Å². The van der Waals surface area contributed by atoms with Crippen molar-refractivity contribution in [2.24, 2.45) is 5.73 Å². The number of thioether (sulfide) groups is 1. The zero-order chi connectivity index (χ0) is 11.1. The predicted octanol–water partition coefficient (Wildman–Crippen LogP) is 2.39. The largest absolute Gasteiger partial charge is 0.328 e. The van der Waals surface area contributed by atoms with Crippen LogP contribution in [0.3, 0.4) is 0 Å². The molecule has 0 aliphatic carbocycles. The summed E-state index contributed by atoms with van der Waals surface area (Å²) in [5, 5.41) is 0.866. The fraction of sp³-hybridized carbons (Fsp3) is 0.636. The zero-order valence-corrected chi connectivity index (χ0v) is 10.3. The molecule has 15 heavy (non-hydrogen) atoms. The van der Waals surface area contributed by atoms with Crippen molar-refractivity contribution < 1.29 is 0 Å². The van der Waals surface area contributed by atoms with E-state index >= 15 is 0 Å². The molecule has 2 N–H and O–H groups in total. The molecule has 0 aromatic carbocycles. The number of nitrogens with two attached hydrogens (primary N) is 1. The van der Waals surface area contributed by atoms with Gasteiger partial charge >= 0.3 is 0 Å². The molecule has 0 aliphatic heterocycles. The Labute approximate surface area is 95.9 Å². The molecule has 1 rings (SSSR count). The maximum atomic E-state index is 5.83. The topological polar surface area (TPSA) is 51.8 Å². The van der Waals surface area contributed by atoms with E-state index in [0.29, 0.717) is 6.04 Å². The number of aromatic nitrogens is 2. The molecule has 0 bridgehead atoms. The van der Waals surface area contributed by atoms with E-state index in [4.69, 9.17) is 5.73 Å². The van der Waals surface area contributed by atoms with Crippen LogP contribution in [-0.2, 0) is 0 Å². The molecule has 3 nitrogen and oxygen atoms in total. The summed E-state index contributed by atoms with van der Waals surface area (Å²) >= 11 is 1.70. The van der Waals surface area contributed by atoms with Gasteiger partial charge in [0.2, 0.25) is 0 Å². The number of aryl methyl sites for hydroxylation is 1. The summed E-state index contributed by atoms with van der Waals surface area (Å²) in [6.45, 7) is 4.12. The molecule has 0 spiro atoms. The lowest BCUT2D eigenvalue weighted by molar-refractivity contribution is 0.589. The van der Waals surface area contributed by atoms with Crippen molar-refractivity contribution in [3.05, 3.63) is 18.0 Å². The number of nitrogens with zero attached hydrogens (tertiary/aromatic N) is 2. The summed E-state index contributed by atoms with van der Waals surface area (Å²) in [5.41, 5.74) is 6.94. The van der Waals surface area contributed by atoms with E-state index in [9.17, 15) is 0 Å². The molecule has 0 saturated carbocycles. The van der Waals surface area contributed by atoms with Crippen molar-refractivity contribution in [2.45, 2.75) is 44.3 Å². The monoisotopic (exact) mass is 225 g/mol. The first kappa shape index (κ1) is 12.5. The van der Waals surface area contributed by atoms with E-state index in [0.717, 1.165) is 35.7 Å². The molecule has 0 saturated heterocycles. The van der Waals surface area contributed by atoms with Crippen LogP contribution in [0, 0.1) is 6.92 Å². The first-order valence-electron chi connectivity index (χ1n) is 5.39. The van der Waals surface area contributed by atoms with Crippen molar-refractivity contribution in [3.8, 4) is 0 Å². The van der Waals surface area contributed by atoms with Crippen LogP contribution in [-0.4, -0.2) is 21.8 Å². The molecule has 0 radical (unpaired) electrons. The molecule has 1 unspecified atom stereocenters. The Balaban J connectivity index is 2.17. The lowest BCUT2D eigenvalue weighted by Gasteiger charge is -2.06. The minimum absolute atomic E-state index is 0.351. The van der Waals surface area contributed by atoms with Crippen LogP contribution in [0.5, 0.6) is 0 Å². The average molecular weight is 225 g/mol. The third-order valence-corrected chi connectivity index (χ3v) is 3.19. The summed E-state index contributed by atoms with van der Waals surface area (Å²) in [5.74, 6) is 1.05. The minimum Gasteiger partial charge on any atom is -0.328 e. The summed E-state index contributed by atoms with van der Waals surface area (Å²) in [7, 11) is 0. The highest BCUT2D eigenvalue weighted by Gasteiger charge is 2.00. The maximum Gasteiger partial charge on any atom is 0.187 e. The quantitative estimate of drug-likeness (QED) is 0.459. The molecule has 4 heteroatoms. The first-order valence-corrected chi connectivity index (χ1v) is 6.38. The number of hydrogen-bond acceptors (Lipinski definition) is 4. The second-order valence-corrected chi connectivity index (χ2v) is 4.76. The van der Waals surface area contributed by atoms with Crippen molar-refractivity contribution in [1.82, 2.24) is 9.97 Å². The lowest BCUT2D eigenvalue weighted by Crippen LogP contribution is -2.18. The standard InChI is InChI=1S/C11H19N3S/c1-3-10(12)5-4-6-15-11-13-7-9(2)8-14-11/h7-8,10H,3-6,12H2,1-2H3. The fourth-order valence-corrected chi connectivity index (χ4v) is 1.92. The van der Waals surface area contributed by atoms with Crippen LogP contribution < -0.4 is 5.73 Å². The van der Waals surface area contributed by atoms with Gasteiger partial charge in [0.25, 0.3) is 0 Å². The molecule has 1 aromatic heterocycles. The van der Waals surface area contributed by atoms with Crippen LogP contribution >= 0.6 is 11.8 Å². The molecular formula is C11H19N3S. The van der Waals surface area contributed by atoms with Gasteiger partial charge in [-0.3, -0.25) is 0 Å². The predicted molar refractivity (Wildman–Crippen MR) is 65.0 cm³/mol. The van der Waals surface area contributed by atoms with Crippen molar-refractivity contribution in [3.63, 3.8) is 0 Å². The third kappa shape index (κ3) is 5.14. The Kier molecular flexibility index (Phi) is 5.65. The van der Waals surface area contributed by atoms with Gasteiger partial charge in [-0.2, -0.15) is 0 Å². The average Bonchev–Trinajstić information content (AvgIpc) is 2.26. The van der Waals surface area contributed by atoms with E-state index in [1.54, 1.807) is 11.8 Å². The van der Waals surface area contributed by atoms with E-state index in [1.807, 2.05) is 19.3 Å². The molecule has 0 fully saturated rings. The molecule has 1 atom stereocenters. The molecule has 1 heterocycles. The number of hydrogen-bond donors (Lipinski definition) is 1. The molecule has 1 aromatic rings. The normalized spacial score (nSPS) is 12.7. The van der Waals surface area contributed by atoms with Gasteiger partial charge in [-0.1, -0.05) is 18.7 Å². The second-order valence-electron chi connectivity index (χ2n) is 3.70. The molecule has 84 valence electrons. The Hall–Kier alpha value is -0.610. The molecular weight excluding hydrogens is 206 g/mol. The highest BCUT2D eigenvalue weighted by atomic mass is 32.2. The van der Waals surface area contributed by atoms with Gasteiger partial charge < -0.3 is 5.73 Å². The Morgan fingerprint density at radius 2 is 2.07 bits per heavy atom. The van der Waals surface area contributed by atoms with Gasteiger partial charge in [0.15, 0.2) is 5.16 Å². The maximum absolute atomic E-state index is 5.83. The second kappa shape index (κ2) is 6.80.